The smallest absolute Gasteiger partial charge is 0.213 e. The molecule has 1 atom stereocenters. The summed E-state index contributed by atoms with van der Waals surface area (Å²) in [6, 6.07) is 0.527. The predicted octanol–water partition coefficient (Wildman–Crippen LogP) is -0.799. The Hall–Kier alpha value is -0.970. The molecular formula is C8H19N5. The molecule has 1 heterocycles. The highest BCUT2D eigenvalue weighted by atomic mass is 15.4. The second-order valence-electron chi connectivity index (χ2n) is 3.41. The Bertz CT molecular complexity index is 191. The van der Waals surface area contributed by atoms with Crippen LogP contribution in [0.5, 0.6) is 0 Å². The van der Waals surface area contributed by atoms with E-state index in [0.29, 0.717) is 12.0 Å². The van der Waals surface area contributed by atoms with Crippen molar-refractivity contribution < 1.29 is 0 Å². The van der Waals surface area contributed by atoms with Crippen molar-refractivity contribution in [1.29, 1.82) is 0 Å². The van der Waals surface area contributed by atoms with Crippen LogP contribution < -0.4 is 11.6 Å². The summed E-state index contributed by atoms with van der Waals surface area (Å²) < 4.78 is 0. The zero-order valence-electron chi connectivity index (χ0n) is 8.40. The van der Waals surface area contributed by atoms with Crippen LogP contribution >= 0.6 is 0 Å². The number of hydrazone groups is 1. The monoisotopic (exact) mass is 185 g/mol. The number of nitrogens with two attached hydrogens (primary N) is 2. The summed E-state index contributed by atoms with van der Waals surface area (Å²) in [6.45, 7) is 8.33. The molecule has 0 radical (unpaired) electrons. The average molecular weight is 185 g/mol. The van der Waals surface area contributed by atoms with Crippen LogP contribution in [0.15, 0.2) is 5.10 Å². The van der Waals surface area contributed by atoms with Gasteiger partial charge in [0.05, 0.1) is 0 Å². The summed E-state index contributed by atoms with van der Waals surface area (Å²) in [6.07, 6.45) is 0. The maximum absolute atomic E-state index is 5.63. The van der Waals surface area contributed by atoms with Gasteiger partial charge in [-0.05, 0) is 13.5 Å². The standard InChI is InChI=1S/C8H19N5/c1-3-12-4-5-13(6-7(12)2)8(9)11-10/h7H,3-6,10H2,1-2H3,(H2,9,11). The highest BCUT2D eigenvalue weighted by Gasteiger charge is 2.23. The van der Waals surface area contributed by atoms with Gasteiger partial charge in [0.15, 0.2) is 0 Å². The van der Waals surface area contributed by atoms with Gasteiger partial charge in [0.2, 0.25) is 5.96 Å². The fourth-order valence-corrected chi connectivity index (χ4v) is 1.75. The molecule has 0 bridgehead atoms. The molecule has 0 aliphatic carbocycles. The van der Waals surface area contributed by atoms with Gasteiger partial charge >= 0.3 is 0 Å². The second kappa shape index (κ2) is 4.32. The molecule has 1 saturated heterocycles. The first kappa shape index (κ1) is 10.1. The third kappa shape index (κ3) is 2.24. The van der Waals surface area contributed by atoms with Gasteiger partial charge in [-0.3, -0.25) is 4.90 Å². The van der Waals surface area contributed by atoms with Crippen molar-refractivity contribution in [1.82, 2.24) is 9.80 Å². The third-order valence-electron chi connectivity index (χ3n) is 2.63. The molecule has 1 rings (SSSR count). The SMILES string of the molecule is CCN1CCN(C(N)=NN)CC1C. The van der Waals surface area contributed by atoms with Crippen LogP contribution in [0.1, 0.15) is 13.8 Å². The van der Waals surface area contributed by atoms with E-state index in [2.05, 4.69) is 23.8 Å². The van der Waals surface area contributed by atoms with Crippen molar-refractivity contribution in [2.45, 2.75) is 19.9 Å². The quantitative estimate of drug-likeness (QED) is 0.243. The molecule has 0 saturated carbocycles. The van der Waals surface area contributed by atoms with Gasteiger partial charge in [0.1, 0.15) is 0 Å². The van der Waals surface area contributed by atoms with Gasteiger partial charge in [-0.2, -0.15) is 0 Å². The maximum atomic E-state index is 5.63. The zero-order chi connectivity index (χ0) is 9.84. The van der Waals surface area contributed by atoms with Gasteiger partial charge in [0.25, 0.3) is 0 Å². The van der Waals surface area contributed by atoms with Gasteiger partial charge in [0, 0.05) is 25.7 Å². The molecule has 13 heavy (non-hydrogen) atoms. The Kier molecular flexibility index (Phi) is 3.36. The van der Waals surface area contributed by atoms with E-state index in [9.17, 15) is 0 Å². The van der Waals surface area contributed by atoms with E-state index < -0.39 is 0 Å². The van der Waals surface area contributed by atoms with E-state index in [-0.39, 0.29) is 0 Å². The largest absolute Gasteiger partial charge is 0.368 e. The number of piperazine rings is 1. The minimum atomic E-state index is 0.447. The highest BCUT2D eigenvalue weighted by Crippen LogP contribution is 2.07. The van der Waals surface area contributed by atoms with Crippen LogP contribution in [0.2, 0.25) is 0 Å². The molecule has 5 nitrogen and oxygen atoms in total. The first-order chi connectivity index (χ1) is 6.19. The Morgan fingerprint density at radius 3 is 2.69 bits per heavy atom. The molecule has 0 aromatic heterocycles. The Morgan fingerprint density at radius 2 is 2.23 bits per heavy atom. The van der Waals surface area contributed by atoms with Crippen LogP contribution in [-0.2, 0) is 0 Å². The lowest BCUT2D eigenvalue weighted by Crippen LogP contribution is -2.55. The van der Waals surface area contributed by atoms with Gasteiger partial charge in [-0.25, -0.2) is 0 Å². The number of hydrogen-bond donors (Lipinski definition) is 2. The van der Waals surface area contributed by atoms with Crippen molar-refractivity contribution in [3.05, 3.63) is 0 Å². The fraction of sp³-hybridized carbons (Fsp3) is 0.875. The van der Waals surface area contributed by atoms with Crippen molar-refractivity contribution in [2.75, 3.05) is 26.2 Å². The summed E-state index contributed by atoms with van der Waals surface area (Å²) in [4.78, 5) is 4.44. The van der Waals surface area contributed by atoms with Crippen molar-refractivity contribution in [3.8, 4) is 0 Å². The molecule has 5 heteroatoms. The molecule has 1 fully saturated rings. The van der Waals surface area contributed by atoms with E-state index in [1.165, 1.54) is 0 Å². The van der Waals surface area contributed by atoms with E-state index in [1.54, 1.807) is 0 Å². The second-order valence-corrected chi connectivity index (χ2v) is 3.41. The van der Waals surface area contributed by atoms with Gasteiger partial charge in [-0.15, -0.1) is 5.10 Å². The van der Waals surface area contributed by atoms with Crippen LogP contribution in [0, 0.1) is 0 Å². The van der Waals surface area contributed by atoms with Gasteiger partial charge < -0.3 is 16.5 Å². The molecule has 76 valence electrons. The van der Waals surface area contributed by atoms with E-state index in [0.717, 1.165) is 26.2 Å². The maximum Gasteiger partial charge on any atom is 0.213 e. The van der Waals surface area contributed by atoms with Crippen molar-refractivity contribution in [2.24, 2.45) is 16.7 Å². The average Bonchev–Trinajstić information content (AvgIpc) is 2.16. The third-order valence-corrected chi connectivity index (χ3v) is 2.63. The molecule has 4 N–H and O–H groups in total. The summed E-state index contributed by atoms with van der Waals surface area (Å²) in [5.74, 6) is 5.57. The summed E-state index contributed by atoms with van der Waals surface area (Å²) >= 11 is 0. The van der Waals surface area contributed by atoms with E-state index >= 15 is 0 Å². The predicted molar refractivity (Wildman–Crippen MR) is 54.1 cm³/mol. The number of guanidine groups is 1. The number of rotatable bonds is 1. The molecule has 0 amide bonds. The van der Waals surface area contributed by atoms with Crippen molar-refractivity contribution >= 4 is 5.96 Å². The highest BCUT2D eigenvalue weighted by molar-refractivity contribution is 5.77. The summed E-state index contributed by atoms with van der Waals surface area (Å²) in [5, 5.41) is 3.50. The minimum Gasteiger partial charge on any atom is -0.368 e. The summed E-state index contributed by atoms with van der Waals surface area (Å²) in [7, 11) is 0. The Morgan fingerprint density at radius 1 is 1.54 bits per heavy atom. The molecule has 0 spiro atoms. The number of likely N-dealkylation sites (N-methyl/N-ethyl adjacent to an activating group) is 1. The fourth-order valence-electron chi connectivity index (χ4n) is 1.75. The first-order valence-corrected chi connectivity index (χ1v) is 4.71. The molecule has 1 aliphatic heterocycles. The lowest BCUT2D eigenvalue weighted by atomic mass is 10.2. The molecule has 1 unspecified atom stereocenters. The van der Waals surface area contributed by atoms with Gasteiger partial charge in [-0.1, -0.05) is 6.92 Å². The normalized spacial score (nSPS) is 26.5. The van der Waals surface area contributed by atoms with Crippen LogP contribution in [0.25, 0.3) is 0 Å². The lowest BCUT2D eigenvalue weighted by molar-refractivity contribution is 0.129. The van der Waals surface area contributed by atoms with Crippen LogP contribution in [0.3, 0.4) is 0 Å². The molecular weight excluding hydrogens is 166 g/mol. The van der Waals surface area contributed by atoms with Crippen molar-refractivity contribution in [3.63, 3.8) is 0 Å². The number of nitrogens with zero attached hydrogens (tertiary/aromatic N) is 3. The van der Waals surface area contributed by atoms with E-state index in [4.69, 9.17) is 11.6 Å². The van der Waals surface area contributed by atoms with Crippen LogP contribution in [-0.4, -0.2) is 48.0 Å². The topological polar surface area (TPSA) is 70.9 Å². The number of hydrogen-bond acceptors (Lipinski definition) is 3. The first-order valence-electron chi connectivity index (χ1n) is 4.71. The molecule has 1 aliphatic rings. The molecule has 0 aromatic carbocycles. The van der Waals surface area contributed by atoms with E-state index in [1.807, 2.05) is 4.90 Å². The Balaban J connectivity index is 2.50. The minimum absolute atomic E-state index is 0.447. The summed E-state index contributed by atoms with van der Waals surface area (Å²) in [5.41, 5.74) is 5.63. The molecule has 0 aromatic rings. The Labute approximate surface area is 79.4 Å². The van der Waals surface area contributed by atoms with Crippen LogP contribution in [0.4, 0.5) is 0 Å². The lowest BCUT2D eigenvalue weighted by Gasteiger charge is -2.39. The zero-order valence-corrected chi connectivity index (χ0v) is 8.40.